The first kappa shape index (κ1) is 35.2. The Morgan fingerprint density at radius 2 is 1.74 bits per heavy atom. The van der Waals surface area contributed by atoms with Crippen molar-refractivity contribution in [2.45, 2.75) is 71.4 Å². The van der Waals surface area contributed by atoms with E-state index in [-0.39, 0.29) is 54.1 Å². The van der Waals surface area contributed by atoms with E-state index in [0.717, 1.165) is 29.9 Å². The highest BCUT2D eigenvalue weighted by atomic mass is 32.2. The minimum Gasteiger partial charge on any atom is -0.475 e. The Morgan fingerprint density at radius 1 is 1.02 bits per heavy atom. The molecule has 1 saturated heterocycles. The molecule has 0 saturated carbocycles. The first-order valence-electron chi connectivity index (χ1n) is 17.0. The lowest BCUT2D eigenvalue weighted by molar-refractivity contribution is 0.0504. The molecule has 0 spiro atoms. The second-order valence-electron chi connectivity index (χ2n) is 14.3. The minimum atomic E-state index is -4.19. The van der Waals surface area contributed by atoms with Gasteiger partial charge in [-0.05, 0) is 48.4 Å². The van der Waals surface area contributed by atoms with Crippen molar-refractivity contribution >= 4 is 27.6 Å². The Bertz CT molecular complexity index is 1960. The normalized spacial score (nSPS) is 18.1. The fraction of sp³-hybridized carbons (Fsp3) is 0.432. The third-order valence-corrected chi connectivity index (χ3v) is 10.2. The highest BCUT2D eigenvalue weighted by Crippen LogP contribution is 2.35. The lowest BCUT2D eigenvalue weighted by Gasteiger charge is -2.35. The zero-order valence-corrected chi connectivity index (χ0v) is 30.3. The maximum atomic E-state index is 14.5. The summed E-state index contributed by atoms with van der Waals surface area (Å²) in [5.74, 6) is 0.392. The van der Waals surface area contributed by atoms with Crippen LogP contribution in [0.3, 0.4) is 0 Å². The molecule has 1 atom stereocenters. The van der Waals surface area contributed by atoms with E-state index in [1.807, 2.05) is 31.2 Å². The highest BCUT2D eigenvalue weighted by molar-refractivity contribution is 7.92. The fourth-order valence-corrected chi connectivity index (χ4v) is 7.37. The summed E-state index contributed by atoms with van der Waals surface area (Å²) in [7, 11) is -4.19. The summed E-state index contributed by atoms with van der Waals surface area (Å²) in [6.07, 6.45) is 4.12. The van der Waals surface area contributed by atoms with Crippen molar-refractivity contribution in [3.63, 3.8) is 0 Å². The molecule has 0 aliphatic carbocycles. The van der Waals surface area contributed by atoms with Crippen LogP contribution in [0.15, 0.2) is 65.8 Å². The lowest BCUT2D eigenvalue weighted by atomic mass is 9.87. The van der Waals surface area contributed by atoms with E-state index in [0.29, 0.717) is 36.7 Å². The van der Waals surface area contributed by atoms with Gasteiger partial charge in [0.1, 0.15) is 12.4 Å². The van der Waals surface area contributed by atoms with Crippen LogP contribution in [0.25, 0.3) is 11.3 Å². The van der Waals surface area contributed by atoms with Gasteiger partial charge in [-0.15, -0.1) is 0 Å². The number of carbonyl (C=O) groups excluding carboxylic acids is 1. The summed E-state index contributed by atoms with van der Waals surface area (Å²) in [4.78, 5) is 36.9. The number of hydrogen-bond donors (Lipinski definition) is 1. The van der Waals surface area contributed by atoms with Gasteiger partial charge in [0.15, 0.2) is 0 Å². The molecular weight excluding hydrogens is 655 g/mol. The van der Waals surface area contributed by atoms with Crippen LogP contribution in [0.4, 0.5) is 11.6 Å². The number of rotatable bonds is 6. The van der Waals surface area contributed by atoms with E-state index in [1.165, 1.54) is 12.1 Å². The predicted molar refractivity (Wildman–Crippen MR) is 194 cm³/mol. The molecule has 0 radical (unpaired) electrons. The van der Waals surface area contributed by atoms with E-state index in [1.54, 1.807) is 29.4 Å². The number of hydrogen-bond acceptors (Lipinski definition) is 10. The van der Waals surface area contributed by atoms with Gasteiger partial charge in [-0.2, -0.15) is 4.98 Å². The SMILES string of the molecule is Cc1c2nc(nc1-c1ccccc1C(C)C)NS(=O)(=O)c1cccc(c1)C(=O)N(Cc1ncc(N3CCOCC3)cn1)[C@H](CC(C)(C)C)CO2.[HH]. The molecule has 50 heavy (non-hydrogen) atoms. The molecule has 266 valence electrons. The number of aromatic nitrogens is 4. The van der Waals surface area contributed by atoms with E-state index < -0.39 is 16.1 Å². The number of amides is 1. The van der Waals surface area contributed by atoms with Gasteiger partial charge in [0.25, 0.3) is 15.9 Å². The average molecular weight is 702 g/mol. The van der Waals surface area contributed by atoms with Crippen molar-refractivity contribution in [2.75, 3.05) is 42.5 Å². The number of nitrogens with one attached hydrogen (secondary N) is 1. The number of fused-ring (bicyclic) bond motifs is 4. The molecule has 2 aliphatic heterocycles. The first-order chi connectivity index (χ1) is 23.8. The van der Waals surface area contributed by atoms with E-state index in [9.17, 15) is 13.2 Å². The first-order valence-corrected chi connectivity index (χ1v) is 18.5. The number of carbonyl (C=O) groups is 1. The third kappa shape index (κ3) is 7.89. The van der Waals surface area contributed by atoms with Gasteiger partial charge in [-0.1, -0.05) is 65.0 Å². The summed E-state index contributed by atoms with van der Waals surface area (Å²) < 4.78 is 42.1. The molecule has 2 aromatic carbocycles. The van der Waals surface area contributed by atoms with E-state index >= 15 is 0 Å². The molecule has 2 aliphatic rings. The molecule has 2 aromatic heterocycles. The molecule has 4 aromatic rings. The molecule has 0 unspecified atom stereocenters. The van der Waals surface area contributed by atoms with Crippen LogP contribution < -0.4 is 14.4 Å². The van der Waals surface area contributed by atoms with E-state index in [2.05, 4.69) is 59.2 Å². The van der Waals surface area contributed by atoms with Crippen LogP contribution in [-0.2, 0) is 21.3 Å². The van der Waals surface area contributed by atoms with Crippen LogP contribution in [0, 0.1) is 12.3 Å². The quantitative estimate of drug-likeness (QED) is 0.251. The van der Waals surface area contributed by atoms with E-state index in [4.69, 9.17) is 14.5 Å². The molecule has 1 amide bonds. The molecule has 1 N–H and O–H groups in total. The molecule has 1 fully saturated rings. The number of anilines is 2. The van der Waals surface area contributed by atoms with Crippen LogP contribution in [0.2, 0.25) is 0 Å². The van der Waals surface area contributed by atoms with Gasteiger partial charge in [0, 0.05) is 31.2 Å². The van der Waals surface area contributed by atoms with Crippen LogP contribution in [-0.4, -0.2) is 78.1 Å². The smallest absolute Gasteiger partial charge is 0.264 e. The van der Waals surface area contributed by atoms with Crippen molar-refractivity contribution in [3.8, 4) is 17.1 Å². The molecule has 4 heterocycles. The largest absolute Gasteiger partial charge is 0.475 e. The van der Waals surface area contributed by atoms with Crippen molar-refractivity contribution in [1.29, 1.82) is 0 Å². The highest BCUT2D eigenvalue weighted by Gasteiger charge is 2.32. The molecule has 4 bridgehead atoms. The van der Waals surface area contributed by atoms with Crippen molar-refractivity contribution < 1.29 is 24.1 Å². The van der Waals surface area contributed by atoms with Crippen LogP contribution >= 0.6 is 0 Å². The fourth-order valence-electron chi connectivity index (χ4n) is 6.38. The maximum Gasteiger partial charge on any atom is 0.264 e. The summed E-state index contributed by atoms with van der Waals surface area (Å²) in [5, 5.41) is 0. The Hall–Kier alpha value is -4.62. The number of nitrogens with zero attached hydrogens (tertiary/aromatic N) is 6. The molecule has 6 rings (SSSR count). The lowest BCUT2D eigenvalue weighted by Crippen LogP contribution is -2.45. The molecule has 12 nitrogen and oxygen atoms in total. The second-order valence-corrected chi connectivity index (χ2v) is 16.0. The summed E-state index contributed by atoms with van der Waals surface area (Å²) in [5.41, 5.74) is 4.04. The standard InChI is InChI=1S/C37H45N7O5S.H2/c1-24(2)30-12-7-8-13-31(30)33-25(3)34-41-36(40-33)42-50(46,47)29-11-9-10-26(18-29)35(45)44(27(23-49-34)19-37(4,5)6)22-32-38-20-28(21-39-32)43-14-16-48-17-15-43;/h7-13,18,20-21,24,27H,14-17,19,22-23H2,1-6H3,(H,40,41,42);1H/t27-;/m1./s1. The van der Waals surface area contributed by atoms with Gasteiger partial charge >= 0.3 is 0 Å². The zero-order chi connectivity index (χ0) is 35.6. The van der Waals surface area contributed by atoms with Gasteiger partial charge in [-0.3, -0.25) is 4.79 Å². The van der Waals surface area contributed by atoms with Crippen LogP contribution in [0.5, 0.6) is 5.88 Å². The third-order valence-electron chi connectivity index (χ3n) is 8.90. The maximum absolute atomic E-state index is 14.5. The van der Waals surface area contributed by atoms with Gasteiger partial charge in [0.2, 0.25) is 11.8 Å². The van der Waals surface area contributed by atoms with Gasteiger partial charge < -0.3 is 19.3 Å². The number of sulfonamides is 1. The van der Waals surface area contributed by atoms with Gasteiger partial charge in [-0.25, -0.2) is 28.1 Å². The summed E-state index contributed by atoms with van der Waals surface area (Å²) in [6, 6.07) is 13.5. The predicted octanol–water partition coefficient (Wildman–Crippen LogP) is 6.09. The zero-order valence-electron chi connectivity index (χ0n) is 29.5. The Kier molecular flexibility index (Phi) is 10.1. The average Bonchev–Trinajstić information content (AvgIpc) is 3.09. The van der Waals surface area contributed by atoms with Gasteiger partial charge in [0.05, 0.1) is 54.5 Å². The Labute approximate surface area is 295 Å². The van der Waals surface area contributed by atoms with Crippen molar-refractivity contribution in [3.05, 3.63) is 83.4 Å². The Balaban J connectivity index is 0.00000504. The molecule has 13 heteroatoms. The minimum absolute atomic E-state index is 0. The number of ether oxygens (including phenoxy) is 2. The Morgan fingerprint density at radius 3 is 2.44 bits per heavy atom. The topological polar surface area (TPSA) is 140 Å². The van der Waals surface area contributed by atoms with Crippen LogP contribution in [0.1, 0.15) is 75.7 Å². The summed E-state index contributed by atoms with van der Waals surface area (Å²) >= 11 is 0. The summed E-state index contributed by atoms with van der Waals surface area (Å²) in [6.45, 7) is 15.3. The number of morpholine rings is 1. The number of benzene rings is 2. The van der Waals surface area contributed by atoms with Crippen molar-refractivity contribution in [2.24, 2.45) is 5.41 Å². The monoisotopic (exact) mass is 701 g/mol. The molecular formula is C37H47N7O5S. The van der Waals surface area contributed by atoms with Crippen molar-refractivity contribution in [1.82, 2.24) is 24.8 Å². The second kappa shape index (κ2) is 14.3.